The molecular formula is C23H19F3N4O3. The number of nitrogens with one attached hydrogen (secondary N) is 1. The predicted octanol–water partition coefficient (Wildman–Crippen LogP) is 4.79. The van der Waals surface area contributed by atoms with E-state index in [2.05, 4.69) is 20.1 Å². The van der Waals surface area contributed by atoms with Crippen LogP contribution < -0.4 is 14.8 Å². The summed E-state index contributed by atoms with van der Waals surface area (Å²) in [5.41, 5.74) is 2.88. The summed E-state index contributed by atoms with van der Waals surface area (Å²) in [6, 6.07) is 12.3. The normalized spacial score (nSPS) is 11.1. The van der Waals surface area contributed by atoms with Gasteiger partial charge in [-0.1, -0.05) is 12.1 Å². The zero-order chi connectivity index (χ0) is 23.5. The number of aryl methyl sites for hydroxylation is 1. The van der Waals surface area contributed by atoms with Crippen LogP contribution in [-0.2, 0) is 11.3 Å². The van der Waals surface area contributed by atoms with E-state index in [1.165, 1.54) is 4.68 Å². The highest BCUT2D eigenvalue weighted by Gasteiger charge is 2.18. The summed E-state index contributed by atoms with van der Waals surface area (Å²) < 4.78 is 49.6. The van der Waals surface area contributed by atoms with Crippen molar-refractivity contribution < 1.29 is 27.4 Å². The third-order valence-electron chi connectivity index (χ3n) is 4.94. The average Bonchev–Trinajstić information content (AvgIpc) is 3.10. The first kappa shape index (κ1) is 22.1. The lowest BCUT2D eigenvalue weighted by Gasteiger charge is -2.12. The lowest BCUT2D eigenvalue weighted by atomic mass is 10.0. The largest absolute Gasteiger partial charge is 0.497 e. The number of benzene rings is 2. The van der Waals surface area contributed by atoms with Crippen molar-refractivity contribution in [2.45, 2.75) is 20.1 Å². The number of nitrogens with zero attached hydrogens (tertiary/aromatic N) is 3. The van der Waals surface area contributed by atoms with Crippen molar-refractivity contribution in [2.24, 2.45) is 0 Å². The summed E-state index contributed by atoms with van der Waals surface area (Å²) in [5.74, 6) is -1.08. The summed E-state index contributed by atoms with van der Waals surface area (Å²) >= 11 is 0. The molecule has 0 aliphatic carbocycles. The van der Waals surface area contributed by atoms with Crippen LogP contribution in [0.1, 0.15) is 5.69 Å². The minimum absolute atomic E-state index is 0.0817. The van der Waals surface area contributed by atoms with Crippen LogP contribution in [0.25, 0.3) is 22.2 Å². The lowest BCUT2D eigenvalue weighted by Crippen LogP contribution is -2.20. The molecule has 10 heteroatoms. The smallest absolute Gasteiger partial charge is 0.387 e. The molecule has 2 heterocycles. The Bertz CT molecular complexity index is 1310. The summed E-state index contributed by atoms with van der Waals surface area (Å²) in [4.78, 5) is 17.0. The molecule has 0 saturated carbocycles. The Hall–Kier alpha value is -4.08. The molecule has 7 nitrogen and oxygen atoms in total. The average molecular weight is 456 g/mol. The van der Waals surface area contributed by atoms with Crippen LogP contribution in [0.15, 0.2) is 54.7 Å². The summed E-state index contributed by atoms with van der Waals surface area (Å²) in [7, 11) is 1.59. The van der Waals surface area contributed by atoms with Gasteiger partial charge in [-0.05, 0) is 48.4 Å². The molecule has 0 fully saturated rings. The molecule has 0 aliphatic rings. The maximum atomic E-state index is 13.4. The van der Waals surface area contributed by atoms with Crippen LogP contribution in [-0.4, -0.2) is 34.4 Å². The molecule has 1 N–H and O–H groups in total. The lowest BCUT2D eigenvalue weighted by molar-refractivity contribution is -0.116. The zero-order valence-electron chi connectivity index (χ0n) is 17.7. The van der Waals surface area contributed by atoms with E-state index in [1.54, 1.807) is 20.2 Å². The van der Waals surface area contributed by atoms with Crippen molar-refractivity contribution >= 4 is 22.6 Å². The predicted molar refractivity (Wildman–Crippen MR) is 116 cm³/mol. The molecule has 1 amide bonds. The molecular weight excluding hydrogens is 437 g/mol. The maximum absolute atomic E-state index is 13.4. The second-order valence-electron chi connectivity index (χ2n) is 7.10. The van der Waals surface area contributed by atoms with E-state index < -0.39 is 24.1 Å². The van der Waals surface area contributed by atoms with Crippen LogP contribution in [0.4, 0.5) is 18.9 Å². The summed E-state index contributed by atoms with van der Waals surface area (Å²) in [5, 5.41) is 7.67. The number of rotatable bonds is 7. The second kappa shape index (κ2) is 9.19. The van der Waals surface area contributed by atoms with Gasteiger partial charge in [0, 0.05) is 17.6 Å². The van der Waals surface area contributed by atoms with Gasteiger partial charge in [-0.15, -0.1) is 0 Å². The maximum Gasteiger partial charge on any atom is 0.387 e. The van der Waals surface area contributed by atoms with Crippen LogP contribution in [0.2, 0.25) is 0 Å². The van der Waals surface area contributed by atoms with Gasteiger partial charge < -0.3 is 14.8 Å². The fourth-order valence-corrected chi connectivity index (χ4v) is 3.52. The first-order chi connectivity index (χ1) is 15.9. The van der Waals surface area contributed by atoms with Gasteiger partial charge in [0.2, 0.25) is 5.91 Å². The molecule has 0 unspecified atom stereocenters. The number of methoxy groups -OCH3 is 1. The molecule has 170 valence electrons. The van der Waals surface area contributed by atoms with Gasteiger partial charge in [0.15, 0.2) is 11.4 Å². The van der Waals surface area contributed by atoms with E-state index in [-0.39, 0.29) is 12.2 Å². The Morgan fingerprint density at radius 2 is 1.91 bits per heavy atom. The fourth-order valence-electron chi connectivity index (χ4n) is 3.52. The quantitative estimate of drug-likeness (QED) is 0.433. The number of halogens is 3. The molecule has 4 rings (SSSR count). The number of fused-ring (bicyclic) bond motifs is 1. The number of hydrogen-bond donors (Lipinski definition) is 1. The van der Waals surface area contributed by atoms with Crippen molar-refractivity contribution in [3.63, 3.8) is 0 Å². The van der Waals surface area contributed by atoms with Crippen LogP contribution >= 0.6 is 0 Å². The topological polar surface area (TPSA) is 78.3 Å². The Kier molecular flexibility index (Phi) is 6.16. The van der Waals surface area contributed by atoms with E-state index in [4.69, 9.17) is 4.74 Å². The number of pyridine rings is 1. The Balaban J connectivity index is 1.62. The molecule has 0 atom stereocenters. The molecule has 0 bridgehead atoms. The van der Waals surface area contributed by atoms with Crippen molar-refractivity contribution in [1.82, 2.24) is 14.8 Å². The first-order valence-electron chi connectivity index (χ1n) is 9.86. The Morgan fingerprint density at radius 1 is 1.15 bits per heavy atom. The third kappa shape index (κ3) is 4.74. The fraction of sp³-hybridized carbons (Fsp3) is 0.174. The number of carbonyl (C=O) groups excluding carboxylic acids is 1. The standard InChI is InChI=1S/C23H19F3N4O3/c1-13-21-17(14-3-6-16(32-2)7-4-14)9-10-27-22(21)30(29-13)12-20(31)28-18-8-5-15(24)11-19(18)33-23(25)26/h3-11,23H,12H2,1-2H3,(H,28,31). The van der Waals surface area contributed by atoms with Gasteiger partial charge in [0.25, 0.3) is 0 Å². The number of amides is 1. The molecule has 0 spiro atoms. The SMILES string of the molecule is COc1ccc(-c2ccnc3c2c(C)nn3CC(=O)Nc2ccc(F)cc2OC(F)F)cc1. The molecule has 4 aromatic rings. The minimum Gasteiger partial charge on any atom is -0.497 e. The van der Waals surface area contributed by atoms with Gasteiger partial charge in [-0.2, -0.15) is 13.9 Å². The van der Waals surface area contributed by atoms with E-state index >= 15 is 0 Å². The van der Waals surface area contributed by atoms with Gasteiger partial charge >= 0.3 is 6.61 Å². The van der Waals surface area contributed by atoms with Gasteiger partial charge in [-0.3, -0.25) is 4.79 Å². The number of alkyl halides is 2. The number of ether oxygens (including phenoxy) is 2. The molecule has 0 aliphatic heterocycles. The van der Waals surface area contributed by atoms with Crippen molar-refractivity contribution in [1.29, 1.82) is 0 Å². The van der Waals surface area contributed by atoms with Crippen molar-refractivity contribution in [3.05, 3.63) is 66.2 Å². The highest BCUT2D eigenvalue weighted by atomic mass is 19.3. The highest BCUT2D eigenvalue weighted by Crippen LogP contribution is 2.31. The van der Waals surface area contributed by atoms with Gasteiger partial charge in [0.1, 0.15) is 18.1 Å². The van der Waals surface area contributed by atoms with E-state index in [0.717, 1.165) is 40.5 Å². The molecule has 0 saturated heterocycles. The molecule has 2 aromatic carbocycles. The van der Waals surface area contributed by atoms with Crippen molar-refractivity contribution in [3.8, 4) is 22.6 Å². The summed E-state index contributed by atoms with van der Waals surface area (Å²) in [6.45, 7) is -1.60. The van der Waals surface area contributed by atoms with Gasteiger partial charge in [-0.25, -0.2) is 14.1 Å². The molecule has 0 radical (unpaired) electrons. The van der Waals surface area contributed by atoms with E-state index in [0.29, 0.717) is 11.3 Å². The number of carbonyl (C=O) groups is 1. The number of hydrogen-bond acceptors (Lipinski definition) is 5. The van der Waals surface area contributed by atoms with E-state index in [9.17, 15) is 18.0 Å². The molecule has 33 heavy (non-hydrogen) atoms. The highest BCUT2D eigenvalue weighted by molar-refractivity contribution is 5.96. The minimum atomic E-state index is -3.17. The van der Waals surface area contributed by atoms with Crippen molar-refractivity contribution in [2.75, 3.05) is 12.4 Å². The van der Waals surface area contributed by atoms with Crippen LogP contribution in [0.5, 0.6) is 11.5 Å². The zero-order valence-corrected chi connectivity index (χ0v) is 17.7. The Labute approximate surface area is 186 Å². The molecule has 2 aromatic heterocycles. The van der Waals surface area contributed by atoms with Gasteiger partial charge in [0.05, 0.1) is 18.5 Å². The second-order valence-corrected chi connectivity index (χ2v) is 7.10. The summed E-state index contributed by atoms with van der Waals surface area (Å²) in [6.07, 6.45) is 1.62. The Morgan fingerprint density at radius 3 is 2.61 bits per heavy atom. The first-order valence-corrected chi connectivity index (χ1v) is 9.86. The third-order valence-corrected chi connectivity index (χ3v) is 4.94. The van der Waals surface area contributed by atoms with E-state index in [1.807, 2.05) is 30.3 Å². The number of aromatic nitrogens is 3. The number of anilines is 1. The van der Waals surface area contributed by atoms with Crippen LogP contribution in [0.3, 0.4) is 0 Å². The van der Waals surface area contributed by atoms with Crippen LogP contribution in [0, 0.1) is 12.7 Å². The monoisotopic (exact) mass is 456 g/mol.